The zero-order chi connectivity index (χ0) is 17.8. The largest absolute Gasteiger partial charge is 0.339 e. The van der Waals surface area contributed by atoms with Crippen LogP contribution in [0.2, 0.25) is 0 Å². The van der Waals surface area contributed by atoms with Crippen LogP contribution in [0.15, 0.2) is 30.3 Å². The Hall–Kier alpha value is -1.99. The average molecular weight is 379 g/mol. The second-order valence-corrected chi connectivity index (χ2v) is 6.90. The van der Waals surface area contributed by atoms with Crippen molar-refractivity contribution in [2.75, 3.05) is 20.1 Å². The van der Waals surface area contributed by atoms with E-state index in [1.165, 1.54) is 4.80 Å². The molecular formula is C18H27ClN6O. The molecule has 1 aromatic heterocycles. The van der Waals surface area contributed by atoms with Gasteiger partial charge in [-0.2, -0.15) is 4.80 Å². The number of likely N-dealkylation sites (tertiary alicyclic amines) is 1. The van der Waals surface area contributed by atoms with Crippen molar-refractivity contribution < 1.29 is 4.79 Å². The molecule has 1 aromatic carbocycles. The molecule has 1 aliphatic heterocycles. The number of tetrazole rings is 1. The SMILES string of the molecule is CNC1CCCN(C(=O)C(C(C)C)n2nnc(-c3ccccc3)n2)C1.Cl. The number of benzene rings is 1. The van der Waals surface area contributed by atoms with E-state index in [0.717, 1.165) is 31.5 Å². The molecule has 142 valence electrons. The number of halogens is 1. The number of rotatable bonds is 5. The molecule has 2 heterocycles. The molecule has 0 aliphatic carbocycles. The van der Waals surface area contributed by atoms with Crippen LogP contribution in [0.1, 0.15) is 32.7 Å². The Balaban J connectivity index is 0.00000243. The summed E-state index contributed by atoms with van der Waals surface area (Å²) in [7, 11) is 1.95. The molecule has 2 aromatic rings. The Labute approximate surface area is 160 Å². The molecule has 0 spiro atoms. The Morgan fingerprint density at radius 2 is 2.00 bits per heavy atom. The standard InChI is InChI=1S/C18H26N6O.ClH/c1-13(2)16(18(25)23-11-7-10-15(12-23)19-3)24-21-17(20-22-24)14-8-5-4-6-9-14;/h4-6,8-9,13,15-16,19H,7,10-12H2,1-3H3;1H. The summed E-state index contributed by atoms with van der Waals surface area (Å²) in [5.74, 6) is 0.707. The molecule has 26 heavy (non-hydrogen) atoms. The van der Waals surface area contributed by atoms with Gasteiger partial charge >= 0.3 is 0 Å². The van der Waals surface area contributed by atoms with Gasteiger partial charge in [0.05, 0.1) is 0 Å². The van der Waals surface area contributed by atoms with Crippen LogP contribution in [0.25, 0.3) is 11.4 Å². The second kappa shape index (κ2) is 9.09. The Bertz CT molecular complexity index is 705. The Kier molecular flexibility index (Phi) is 7.11. The highest BCUT2D eigenvalue weighted by atomic mass is 35.5. The fraction of sp³-hybridized carbons (Fsp3) is 0.556. The van der Waals surface area contributed by atoms with Crippen LogP contribution in [0.3, 0.4) is 0 Å². The van der Waals surface area contributed by atoms with E-state index in [9.17, 15) is 4.79 Å². The van der Waals surface area contributed by atoms with E-state index in [1.807, 2.05) is 56.1 Å². The van der Waals surface area contributed by atoms with E-state index in [2.05, 4.69) is 20.7 Å². The summed E-state index contributed by atoms with van der Waals surface area (Å²) < 4.78 is 0. The number of aromatic nitrogens is 4. The van der Waals surface area contributed by atoms with Crippen molar-refractivity contribution in [3.8, 4) is 11.4 Å². The molecule has 0 bridgehead atoms. The third-order valence-electron chi connectivity index (χ3n) is 4.73. The third-order valence-corrected chi connectivity index (χ3v) is 4.73. The maximum atomic E-state index is 13.1. The van der Waals surface area contributed by atoms with Gasteiger partial charge < -0.3 is 10.2 Å². The van der Waals surface area contributed by atoms with Gasteiger partial charge in [0.25, 0.3) is 0 Å². The van der Waals surface area contributed by atoms with Crippen LogP contribution in [-0.2, 0) is 4.79 Å². The van der Waals surface area contributed by atoms with Gasteiger partial charge in [-0.15, -0.1) is 22.6 Å². The molecule has 3 rings (SSSR count). The first-order valence-corrected chi connectivity index (χ1v) is 8.91. The highest BCUT2D eigenvalue weighted by Crippen LogP contribution is 2.23. The van der Waals surface area contributed by atoms with Gasteiger partial charge in [0.15, 0.2) is 6.04 Å². The number of nitrogens with zero attached hydrogens (tertiary/aromatic N) is 5. The molecular weight excluding hydrogens is 352 g/mol. The van der Waals surface area contributed by atoms with Gasteiger partial charge in [-0.1, -0.05) is 44.2 Å². The van der Waals surface area contributed by atoms with Crippen LogP contribution in [0, 0.1) is 5.92 Å². The van der Waals surface area contributed by atoms with Gasteiger partial charge in [-0.05, 0) is 31.0 Å². The van der Waals surface area contributed by atoms with E-state index in [4.69, 9.17) is 0 Å². The minimum Gasteiger partial charge on any atom is -0.339 e. The number of carbonyl (C=O) groups excluding carboxylic acids is 1. The van der Waals surface area contributed by atoms with Crippen molar-refractivity contribution in [2.45, 2.75) is 38.8 Å². The lowest BCUT2D eigenvalue weighted by atomic mass is 10.0. The summed E-state index contributed by atoms with van der Waals surface area (Å²) >= 11 is 0. The van der Waals surface area contributed by atoms with E-state index in [1.54, 1.807) is 0 Å². The molecule has 7 nitrogen and oxygen atoms in total. The number of nitrogens with one attached hydrogen (secondary N) is 1. The second-order valence-electron chi connectivity index (χ2n) is 6.90. The van der Waals surface area contributed by atoms with Crippen LogP contribution in [0.5, 0.6) is 0 Å². The molecule has 2 unspecified atom stereocenters. The molecule has 0 radical (unpaired) electrons. The number of hydrogen-bond donors (Lipinski definition) is 1. The predicted octanol–water partition coefficient (Wildman–Crippen LogP) is 2.17. The molecule has 2 atom stereocenters. The Morgan fingerprint density at radius 3 is 2.65 bits per heavy atom. The summed E-state index contributed by atoms with van der Waals surface area (Å²) in [4.78, 5) is 16.5. The topological polar surface area (TPSA) is 75.9 Å². The molecule has 1 amide bonds. The number of piperidine rings is 1. The summed E-state index contributed by atoms with van der Waals surface area (Å²) in [6.45, 7) is 5.57. The molecule has 1 N–H and O–H groups in total. The molecule has 1 saturated heterocycles. The smallest absolute Gasteiger partial charge is 0.249 e. The van der Waals surface area contributed by atoms with Crippen molar-refractivity contribution >= 4 is 18.3 Å². The van der Waals surface area contributed by atoms with E-state index < -0.39 is 6.04 Å². The van der Waals surface area contributed by atoms with Crippen molar-refractivity contribution in [3.63, 3.8) is 0 Å². The van der Waals surface area contributed by atoms with Crippen LogP contribution in [-0.4, -0.2) is 57.2 Å². The summed E-state index contributed by atoms with van der Waals surface area (Å²) in [6, 6.07) is 9.63. The first-order chi connectivity index (χ1) is 12.1. The third kappa shape index (κ3) is 4.40. The predicted molar refractivity (Wildman–Crippen MR) is 103 cm³/mol. The minimum absolute atomic E-state index is 0. The maximum Gasteiger partial charge on any atom is 0.249 e. The Morgan fingerprint density at radius 1 is 1.27 bits per heavy atom. The molecule has 0 saturated carbocycles. The van der Waals surface area contributed by atoms with Crippen molar-refractivity contribution in [2.24, 2.45) is 5.92 Å². The average Bonchev–Trinajstić information content (AvgIpc) is 3.12. The normalized spacial score (nSPS) is 18.5. The fourth-order valence-electron chi connectivity index (χ4n) is 3.30. The molecule has 1 aliphatic rings. The minimum atomic E-state index is -0.430. The van der Waals surface area contributed by atoms with Gasteiger partial charge in [0, 0.05) is 24.7 Å². The number of likely N-dealkylation sites (N-methyl/N-ethyl adjacent to an activating group) is 1. The quantitative estimate of drug-likeness (QED) is 0.862. The number of amides is 1. The lowest BCUT2D eigenvalue weighted by Crippen LogP contribution is -2.50. The van der Waals surface area contributed by atoms with Crippen LogP contribution < -0.4 is 5.32 Å². The zero-order valence-electron chi connectivity index (χ0n) is 15.5. The van der Waals surface area contributed by atoms with E-state index in [0.29, 0.717) is 11.9 Å². The van der Waals surface area contributed by atoms with Gasteiger partial charge in [0.1, 0.15) is 0 Å². The lowest BCUT2D eigenvalue weighted by Gasteiger charge is -2.35. The van der Waals surface area contributed by atoms with Gasteiger partial charge in [-0.25, -0.2) is 0 Å². The highest BCUT2D eigenvalue weighted by molar-refractivity contribution is 5.85. The monoisotopic (exact) mass is 378 g/mol. The van der Waals surface area contributed by atoms with Gasteiger partial charge in [-0.3, -0.25) is 4.79 Å². The number of hydrogen-bond acceptors (Lipinski definition) is 5. The van der Waals surface area contributed by atoms with Crippen molar-refractivity contribution in [1.82, 2.24) is 30.4 Å². The van der Waals surface area contributed by atoms with Crippen LogP contribution in [0.4, 0.5) is 0 Å². The zero-order valence-corrected chi connectivity index (χ0v) is 16.3. The molecule has 1 fully saturated rings. The summed E-state index contributed by atoms with van der Waals surface area (Å²) in [6.07, 6.45) is 2.12. The van der Waals surface area contributed by atoms with Crippen LogP contribution >= 0.6 is 12.4 Å². The van der Waals surface area contributed by atoms with Crippen molar-refractivity contribution in [1.29, 1.82) is 0 Å². The first kappa shape index (κ1) is 20.3. The maximum absolute atomic E-state index is 13.1. The summed E-state index contributed by atoms with van der Waals surface area (Å²) in [5, 5.41) is 16.1. The van der Waals surface area contributed by atoms with E-state index >= 15 is 0 Å². The highest BCUT2D eigenvalue weighted by Gasteiger charge is 2.33. The lowest BCUT2D eigenvalue weighted by molar-refractivity contribution is -0.138. The van der Waals surface area contributed by atoms with Crippen molar-refractivity contribution in [3.05, 3.63) is 30.3 Å². The first-order valence-electron chi connectivity index (χ1n) is 8.91. The van der Waals surface area contributed by atoms with Gasteiger partial charge in [0.2, 0.25) is 11.7 Å². The van der Waals surface area contributed by atoms with E-state index in [-0.39, 0.29) is 24.2 Å². The molecule has 8 heteroatoms. The fourth-order valence-corrected chi connectivity index (χ4v) is 3.30. The number of carbonyl (C=O) groups is 1. The summed E-state index contributed by atoms with van der Waals surface area (Å²) in [5.41, 5.74) is 0.900.